The molecule has 5 heteroatoms. The molecule has 1 heterocycles. The zero-order chi connectivity index (χ0) is 14.0. The monoisotopic (exact) mass is 266 g/mol. The van der Waals surface area contributed by atoms with Crippen LogP contribution in [0.2, 0.25) is 0 Å². The molecule has 5 nitrogen and oxygen atoms in total. The number of urea groups is 1. The van der Waals surface area contributed by atoms with E-state index in [4.69, 9.17) is 0 Å². The van der Waals surface area contributed by atoms with Crippen LogP contribution in [-0.2, 0) is 4.79 Å². The summed E-state index contributed by atoms with van der Waals surface area (Å²) in [5.74, 6) is -0.815. The van der Waals surface area contributed by atoms with Gasteiger partial charge >= 0.3 is 12.0 Å². The molecule has 2 atom stereocenters. The van der Waals surface area contributed by atoms with Gasteiger partial charge in [0.05, 0.1) is 5.41 Å². The lowest BCUT2D eigenvalue weighted by Gasteiger charge is -2.32. The molecule has 2 aliphatic rings. The lowest BCUT2D eigenvalue weighted by molar-refractivity contribution is -0.148. The first-order chi connectivity index (χ1) is 8.93. The first-order valence-electron chi connectivity index (χ1n) is 6.88. The molecule has 0 saturated heterocycles. The highest BCUT2D eigenvalue weighted by Crippen LogP contribution is 2.38. The average Bonchev–Trinajstić information content (AvgIpc) is 2.73. The molecule has 1 fully saturated rings. The Morgan fingerprint density at radius 1 is 1.53 bits per heavy atom. The van der Waals surface area contributed by atoms with Gasteiger partial charge < -0.3 is 15.3 Å². The number of carboxylic acids is 1. The highest BCUT2D eigenvalue weighted by atomic mass is 16.4. The fourth-order valence-electron chi connectivity index (χ4n) is 2.85. The van der Waals surface area contributed by atoms with Gasteiger partial charge in [0.25, 0.3) is 0 Å². The number of aliphatic carboxylic acids is 1. The Bertz CT molecular complexity index is 419. The van der Waals surface area contributed by atoms with Crippen LogP contribution in [0, 0.1) is 5.41 Å². The van der Waals surface area contributed by atoms with Crippen molar-refractivity contribution in [2.45, 2.75) is 45.6 Å². The van der Waals surface area contributed by atoms with Crippen LogP contribution in [0.5, 0.6) is 0 Å². The number of amides is 2. The summed E-state index contributed by atoms with van der Waals surface area (Å²) in [5, 5.41) is 12.2. The number of hydrogen-bond donors (Lipinski definition) is 2. The van der Waals surface area contributed by atoms with Gasteiger partial charge in [0, 0.05) is 19.1 Å². The van der Waals surface area contributed by atoms with E-state index in [-0.39, 0.29) is 12.1 Å². The normalized spacial score (nSPS) is 30.9. The van der Waals surface area contributed by atoms with Crippen LogP contribution in [-0.4, -0.2) is 41.1 Å². The molecule has 2 amide bonds. The molecule has 2 unspecified atom stereocenters. The van der Waals surface area contributed by atoms with Gasteiger partial charge in [-0.2, -0.15) is 0 Å². The lowest BCUT2D eigenvalue weighted by Crippen LogP contribution is -2.52. The molecule has 0 aromatic rings. The molecular formula is C14H22N2O3. The zero-order valence-corrected chi connectivity index (χ0v) is 11.6. The summed E-state index contributed by atoms with van der Waals surface area (Å²) in [6.45, 7) is 5.13. The largest absolute Gasteiger partial charge is 0.481 e. The third kappa shape index (κ3) is 2.74. The van der Waals surface area contributed by atoms with Crippen molar-refractivity contribution in [3.05, 3.63) is 11.6 Å². The molecule has 2 rings (SSSR count). The lowest BCUT2D eigenvalue weighted by atomic mass is 9.85. The molecule has 0 radical (unpaired) electrons. The third-order valence-corrected chi connectivity index (χ3v) is 4.47. The molecule has 2 N–H and O–H groups in total. The molecule has 1 aliphatic heterocycles. The first-order valence-corrected chi connectivity index (χ1v) is 6.88. The molecule has 0 aromatic heterocycles. The van der Waals surface area contributed by atoms with E-state index < -0.39 is 11.4 Å². The van der Waals surface area contributed by atoms with Crippen molar-refractivity contribution in [3.8, 4) is 0 Å². The van der Waals surface area contributed by atoms with E-state index in [0.717, 1.165) is 19.3 Å². The van der Waals surface area contributed by atoms with Crippen molar-refractivity contribution in [1.29, 1.82) is 0 Å². The Hall–Kier alpha value is -1.52. The van der Waals surface area contributed by atoms with Crippen molar-refractivity contribution in [3.63, 3.8) is 0 Å². The van der Waals surface area contributed by atoms with Crippen molar-refractivity contribution >= 4 is 12.0 Å². The molecule has 0 bridgehead atoms. The Kier molecular flexibility index (Phi) is 3.83. The minimum Gasteiger partial charge on any atom is -0.481 e. The first kappa shape index (κ1) is 13.9. The number of nitrogens with zero attached hydrogens (tertiary/aromatic N) is 1. The molecule has 19 heavy (non-hydrogen) atoms. The van der Waals surface area contributed by atoms with Crippen molar-refractivity contribution < 1.29 is 14.7 Å². The van der Waals surface area contributed by atoms with Crippen LogP contribution >= 0.6 is 0 Å². The molecule has 0 aromatic carbocycles. The van der Waals surface area contributed by atoms with Crippen molar-refractivity contribution in [1.82, 2.24) is 10.2 Å². The van der Waals surface area contributed by atoms with Crippen LogP contribution < -0.4 is 5.32 Å². The van der Waals surface area contributed by atoms with Gasteiger partial charge in [-0.3, -0.25) is 4.79 Å². The van der Waals surface area contributed by atoms with E-state index in [0.29, 0.717) is 19.5 Å². The number of nitrogens with one attached hydrogen (secondary N) is 1. The van der Waals surface area contributed by atoms with Crippen LogP contribution in [0.25, 0.3) is 0 Å². The van der Waals surface area contributed by atoms with Gasteiger partial charge in [-0.05, 0) is 33.1 Å². The van der Waals surface area contributed by atoms with Gasteiger partial charge in [-0.1, -0.05) is 18.1 Å². The topological polar surface area (TPSA) is 69.6 Å². The van der Waals surface area contributed by atoms with Gasteiger partial charge in [-0.15, -0.1) is 0 Å². The molecule has 1 saturated carbocycles. The van der Waals surface area contributed by atoms with Crippen LogP contribution in [0.15, 0.2) is 11.6 Å². The number of hydrogen-bond acceptors (Lipinski definition) is 2. The Morgan fingerprint density at radius 3 is 2.84 bits per heavy atom. The second-order valence-electron chi connectivity index (χ2n) is 5.86. The maximum atomic E-state index is 12.2. The predicted molar refractivity (Wildman–Crippen MR) is 71.9 cm³/mol. The van der Waals surface area contributed by atoms with Gasteiger partial charge in [0.1, 0.15) is 0 Å². The SMILES string of the molecule is CC1=CCN(C(=O)NC2CCCC2(C)C(=O)O)CC1. The second-order valence-corrected chi connectivity index (χ2v) is 5.86. The van der Waals surface area contributed by atoms with E-state index in [9.17, 15) is 14.7 Å². The van der Waals surface area contributed by atoms with Crippen molar-refractivity contribution in [2.75, 3.05) is 13.1 Å². The van der Waals surface area contributed by atoms with E-state index in [1.165, 1.54) is 5.57 Å². The third-order valence-electron chi connectivity index (χ3n) is 4.47. The highest BCUT2D eigenvalue weighted by Gasteiger charge is 2.46. The molecule has 106 valence electrons. The fourth-order valence-corrected chi connectivity index (χ4v) is 2.85. The number of carbonyl (C=O) groups is 2. The van der Waals surface area contributed by atoms with E-state index >= 15 is 0 Å². The Labute approximate surface area is 113 Å². The maximum absolute atomic E-state index is 12.2. The second kappa shape index (κ2) is 5.23. The van der Waals surface area contributed by atoms with Crippen LogP contribution in [0.4, 0.5) is 4.79 Å². The molecular weight excluding hydrogens is 244 g/mol. The Balaban J connectivity index is 1.97. The summed E-state index contributed by atoms with van der Waals surface area (Å²) in [7, 11) is 0. The molecule has 0 spiro atoms. The molecule has 1 aliphatic carbocycles. The fraction of sp³-hybridized carbons (Fsp3) is 0.714. The van der Waals surface area contributed by atoms with Crippen LogP contribution in [0.3, 0.4) is 0 Å². The summed E-state index contributed by atoms with van der Waals surface area (Å²) >= 11 is 0. The van der Waals surface area contributed by atoms with Gasteiger partial charge in [0.2, 0.25) is 0 Å². The summed E-state index contributed by atoms with van der Waals surface area (Å²) in [6, 6.07) is -0.396. The van der Waals surface area contributed by atoms with E-state index in [1.807, 2.05) is 6.08 Å². The zero-order valence-electron chi connectivity index (χ0n) is 11.6. The number of carbonyl (C=O) groups excluding carboxylic acids is 1. The predicted octanol–water partition coefficient (Wildman–Crippen LogP) is 1.99. The van der Waals surface area contributed by atoms with E-state index in [2.05, 4.69) is 12.2 Å². The minimum absolute atomic E-state index is 0.136. The smallest absolute Gasteiger partial charge is 0.317 e. The average molecular weight is 266 g/mol. The van der Waals surface area contributed by atoms with Gasteiger partial charge in [0.15, 0.2) is 0 Å². The highest BCUT2D eigenvalue weighted by molar-refractivity contribution is 5.79. The summed E-state index contributed by atoms with van der Waals surface area (Å²) in [4.78, 5) is 25.3. The van der Waals surface area contributed by atoms with Crippen LogP contribution in [0.1, 0.15) is 39.5 Å². The van der Waals surface area contributed by atoms with Crippen molar-refractivity contribution in [2.24, 2.45) is 5.41 Å². The van der Waals surface area contributed by atoms with Gasteiger partial charge in [-0.25, -0.2) is 4.79 Å². The summed E-state index contributed by atoms with van der Waals surface area (Å²) < 4.78 is 0. The standard InChI is InChI=1S/C14H22N2O3/c1-10-5-8-16(9-6-10)13(19)15-11-4-3-7-14(11,2)12(17)18/h5,11H,3-4,6-9H2,1-2H3,(H,15,19)(H,17,18). The van der Waals surface area contributed by atoms with E-state index in [1.54, 1.807) is 11.8 Å². The number of carboxylic acid groups (broad SMARTS) is 1. The Morgan fingerprint density at radius 2 is 2.26 bits per heavy atom. The summed E-state index contributed by atoms with van der Waals surface area (Å²) in [6.07, 6.45) is 5.18. The minimum atomic E-state index is -0.822. The summed E-state index contributed by atoms with van der Waals surface area (Å²) in [5.41, 5.74) is 0.484. The number of rotatable bonds is 2. The quantitative estimate of drug-likeness (QED) is 0.751. The maximum Gasteiger partial charge on any atom is 0.317 e.